The smallest absolute Gasteiger partial charge is 0.246 e. The highest BCUT2D eigenvalue weighted by Crippen LogP contribution is 2.34. The molecule has 4 aromatic carbocycles. The summed E-state index contributed by atoms with van der Waals surface area (Å²) in [6.45, 7) is 0. The van der Waals surface area contributed by atoms with Gasteiger partial charge in [-0.3, -0.25) is 0 Å². The molecule has 0 aliphatic heterocycles. The number of hydrogen-bond donors (Lipinski definition) is 0. The maximum Gasteiger partial charge on any atom is 0.246 e. The van der Waals surface area contributed by atoms with Gasteiger partial charge in [-0.1, -0.05) is 36.4 Å². The molecule has 0 amide bonds. The van der Waals surface area contributed by atoms with Crippen molar-refractivity contribution in [1.29, 1.82) is 5.26 Å². The first-order valence-electron chi connectivity index (χ1n) is 10.9. The molecule has 0 bridgehead atoms. The van der Waals surface area contributed by atoms with Gasteiger partial charge in [0.1, 0.15) is 22.3 Å². The molecule has 0 saturated heterocycles. The van der Waals surface area contributed by atoms with E-state index in [9.17, 15) is 5.26 Å². The van der Waals surface area contributed by atoms with Crippen LogP contribution in [0.25, 0.3) is 66.4 Å². The minimum atomic E-state index is 0.550. The fourth-order valence-corrected chi connectivity index (χ4v) is 4.55. The first-order valence-corrected chi connectivity index (χ1v) is 10.9. The van der Waals surface area contributed by atoms with Crippen molar-refractivity contribution in [2.24, 2.45) is 0 Å². The second-order valence-corrected chi connectivity index (χ2v) is 8.24. The van der Waals surface area contributed by atoms with Crippen molar-refractivity contribution in [2.75, 3.05) is 0 Å². The van der Waals surface area contributed by atoms with Gasteiger partial charge in [-0.05, 0) is 64.7 Å². The number of furan rings is 2. The summed E-state index contributed by atoms with van der Waals surface area (Å²) in [7, 11) is 0. The first kappa shape index (κ1) is 18.6. The lowest BCUT2D eigenvalue weighted by Crippen LogP contribution is -1.81. The maximum absolute atomic E-state index is 9.27. The predicted octanol–water partition coefficient (Wildman–Crippen LogP) is 7.48. The number of nitriles is 1. The van der Waals surface area contributed by atoms with Crippen LogP contribution in [0.5, 0.6) is 0 Å². The van der Waals surface area contributed by atoms with Gasteiger partial charge in [-0.15, -0.1) is 0 Å². The number of aromatic nitrogens is 2. The van der Waals surface area contributed by atoms with Crippen molar-refractivity contribution >= 4 is 44.1 Å². The van der Waals surface area contributed by atoms with Crippen LogP contribution < -0.4 is 0 Å². The van der Waals surface area contributed by atoms with Crippen molar-refractivity contribution in [3.8, 4) is 28.3 Å². The van der Waals surface area contributed by atoms with Gasteiger partial charge in [0.15, 0.2) is 0 Å². The number of nitrogens with zero attached hydrogens (tertiary/aromatic N) is 3. The summed E-state index contributed by atoms with van der Waals surface area (Å²) in [4.78, 5) is 8.69. The maximum atomic E-state index is 9.27. The Morgan fingerprint density at radius 1 is 0.559 bits per heavy atom. The summed E-state index contributed by atoms with van der Waals surface area (Å²) in [6.07, 6.45) is 3.32. The number of benzene rings is 4. The summed E-state index contributed by atoms with van der Waals surface area (Å²) >= 11 is 0. The van der Waals surface area contributed by atoms with E-state index in [1.807, 2.05) is 24.3 Å². The highest BCUT2D eigenvalue weighted by molar-refractivity contribution is 6.07. The van der Waals surface area contributed by atoms with Crippen LogP contribution in [-0.4, -0.2) is 9.97 Å². The standard InChI is InChI=1S/C29H15N3O2/c30-16-17-1-8-25-22(13-17)23-14-20(6-9-26(23)33-25)18-2-4-19(5-3-18)21-7-10-27-24(15-21)28-29(34-27)32-12-11-31-28/h1-15H. The van der Waals surface area contributed by atoms with Crippen LogP contribution in [0.4, 0.5) is 0 Å². The van der Waals surface area contributed by atoms with Crippen LogP contribution in [0.1, 0.15) is 5.56 Å². The van der Waals surface area contributed by atoms with Gasteiger partial charge in [-0.2, -0.15) is 5.26 Å². The highest BCUT2D eigenvalue weighted by atomic mass is 16.3. The summed E-state index contributed by atoms with van der Waals surface area (Å²) in [6, 6.07) is 28.5. The molecule has 0 saturated carbocycles. The first-order chi connectivity index (χ1) is 16.8. The van der Waals surface area contributed by atoms with Crippen molar-refractivity contribution < 1.29 is 8.83 Å². The van der Waals surface area contributed by atoms with Gasteiger partial charge < -0.3 is 8.83 Å². The molecule has 0 fully saturated rings. The molecule has 5 nitrogen and oxygen atoms in total. The Labute approximate surface area is 193 Å². The van der Waals surface area contributed by atoms with E-state index < -0.39 is 0 Å². The van der Waals surface area contributed by atoms with Gasteiger partial charge in [0, 0.05) is 28.6 Å². The average Bonchev–Trinajstić information content (AvgIpc) is 3.45. The lowest BCUT2D eigenvalue weighted by molar-refractivity contribution is 0.653. The van der Waals surface area contributed by atoms with Gasteiger partial charge in [0.2, 0.25) is 5.71 Å². The third kappa shape index (κ3) is 2.79. The average molecular weight is 437 g/mol. The largest absolute Gasteiger partial charge is 0.456 e. The highest BCUT2D eigenvalue weighted by Gasteiger charge is 2.12. The molecular formula is C29H15N3O2. The van der Waals surface area contributed by atoms with Crippen molar-refractivity contribution in [3.05, 3.63) is 96.8 Å². The molecule has 0 spiro atoms. The summed E-state index contributed by atoms with van der Waals surface area (Å²) in [5.41, 5.74) is 8.73. The third-order valence-electron chi connectivity index (χ3n) is 6.26. The second kappa shape index (κ2) is 7.03. The SMILES string of the molecule is N#Cc1ccc2oc3ccc(-c4ccc(-c5ccc6oc7nccnc7c6c5)cc4)cc3c2c1. The van der Waals surface area contributed by atoms with E-state index in [1.165, 1.54) is 0 Å². The van der Waals surface area contributed by atoms with Crippen LogP contribution >= 0.6 is 0 Å². The molecule has 0 radical (unpaired) electrons. The van der Waals surface area contributed by atoms with Crippen LogP contribution in [0, 0.1) is 11.3 Å². The lowest BCUT2D eigenvalue weighted by atomic mass is 9.98. The zero-order valence-electron chi connectivity index (χ0n) is 17.8. The Balaban J connectivity index is 1.29. The molecule has 34 heavy (non-hydrogen) atoms. The quantitative estimate of drug-likeness (QED) is 0.280. The molecular weight excluding hydrogens is 422 g/mol. The van der Waals surface area contributed by atoms with Gasteiger partial charge in [0.05, 0.1) is 11.6 Å². The van der Waals surface area contributed by atoms with Gasteiger partial charge in [-0.25, -0.2) is 9.97 Å². The minimum Gasteiger partial charge on any atom is -0.456 e. The number of fused-ring (bicyclic) bond motifs is 6. The van der Waals surface area contributed by atoms with E-state index >= 15 is 0 Å². The summed E-state index contributed by atoms with van der Waals surface area (Å²) in [5, 5.41) is 12.2. The second-order valence-electron chi connectivity index (χ2n) is 8.24. The van der Waals surface area contributed by atoms with Crippen LogP contribution in [0.15, 0.2) is 100 Å². The van der Waals surface area contributed by atoms with E-state index in [0.717, 1.165) is 60.7 Å². The van der Waals surface area contributed by atoms with Gasteiger partial charge in [0.25, 0.3) is 0 Å². The molecule has 0 atom stereocenters. The normalized spacial score (nSPS) is 11.5. The van der Waals surface area contributed by atoms with Crippen molar-refractivity contribution in [3.63, 3.8) is 0 Å². The topological polar surface area (TPSA) is 75.8 Å². The summed E-state index contributed by atoms with van der Waals surface area (Å²) < 4.78 is 11.7. The summed E-state index contributed by atoms with van der Waals surface area (Å²) in [5.74, 6) is 0. The molecule has 0 unspecified atom stereocenters. The van der Waals surface area contributed by atoms with Gasteiger partial charge >= 0.3 is 0 Å². The molecule has 3 aromatic heterocycles. The molecule has 3 heterocycles. The zero-order valence-corrected chi connectivity index (χ0v) is 17.8. The monoisotopic (exact) mass is 437 g/mol. The zero-order chi connectivity index (χ0) is 22.6. The van der Waals surface area contributed by atoms with E-state index in [4.69, 9.17) is 8.83 Å². The Kier molecular flexibility index (Phi) is 3.84. The fourth-order valence-electron chi connectivity index (χ4n) is 4.55. The van der Waals surface area contributed by atoms with E-state index in [0.29, 0.717) is 11.3 Å². The minimum absolute atomic E-state index is 0.550. The van der Waals surface area contributed by atoms with E-state index in [-0.39, 0.29) is 0 Å². The fraction of sp³-hybridized carbons (Fsp3) is 0. The third-order valence-corrected chi connectivity index (χ3v) is 6.26. The van der Waals surface area contributed by atoms with Crippen LogP contribution in [0.3, 0.4) is 0 Å². The van der Waals surface area contributed by atoms with E-state index in [1.54, 1.807) is 18.5 Å². The molecule has 0 N–H and O–H groups in total. The molecule has 0 aliphatic rings. The Bertz CT molecular complexity index is 1920. The molecule has 158 valence electrons. The molecule has 0 aliphatic carbocycles. The van der Waals surface area contributed by atoms with Crippen LogP contribution in [-0.2, 0) is 0 Å². The lowest BCUT2D eigenvalue weighted by Gasteiger charge is -2.06. The van der Waals surface area contributed by atoms with E-state index in [2.05, 4.69) is 64.6 Å². The molecule has 5 heteroatoms. The number of hydrogen-bond acceptors (Lipinski definition) is 5. The molecule has 7 aromatic rings. The van der Waals surface area contributed by atoms with Crippen molar-refractivity contribution in [1.82, 2.24) is 9.97 Å². The number of rotatable bonds is 2. The Morgan fingerprint density at radius 3 is 1.82 bits per heavy atom. The van der Waals surface area contributed by atoms with Crippen LogP contribution in [0.2, 0.25) is 0 Å². The Morgan fingerprint density at radius 2 is 1.12 bits per heavy atom. The Hall–Kier alpha value is -4.95. The van der Waals surface area contributed by atoms with Crippen molar-refractivity contribution in [2.45, 2.75) is 0 Å². The predicted molar refractivity (Wildman–Crippen MR) is 132 cm³/mol. The molecule has 7 rings (SSSR count).